The van der Waals surface area contributed by atoms with Gasteiger partial charge in [-0.2, -0.15) is 0 Å². The van der Waals surface area contributed by atoms with Crippen LogP contribution in [0.25, 0.3) is 0 Å². The summed E-state index contributed by atoms with van der Waals surface area (Å²) >= 11 is 0. The van der Waals surface area contributed by atoms with Crippen molar-refractivity contribution in [1.29, 1.82) is 0 Å². The molecule has 1 aromatic rings. The van der Waals surface area contributed by atoms with E-state index in [2.05, 4.69) is 0 Å². The molecule has 60 valence electrons. The number of anilines is 1. The van der Waals surface area contributed by atoms with E-state index >= 15 is 0 Å². The summed E-state index contributed by atoms with van der Waals surface area (Å²) in [7, 11) is 0. The largest absolute Gasteiger partial charge is 1.00 e. The monoisotopic (exact) mass is 170 g/mol. The quantitative estimate of drug-likeness (QED) is 0.467. The normalized spacial score (nSPS) is 13.1. The third-order valence-electron chi connectivity index (χ3n) is 1.71. The molecular formula is C8H9ClNO-. The van der Waals surface area contributed by atoms with Crippen molar-refractivity contribution in [3.63, 3.8) is 0 Å². The van der Waals surface area contributed by atoms with E-state index in [9.17, 15) is 0 Å². The van der Waals surface area contributed by atoms with Gasteiger partial charge < -0.3 is 22.9 Å². The fourth-order valence-electron chi connectivity index (χ4n) is 1.21. The topological polar surface area (TPSA) is 35.2 Å². The molecule has 1 heterocycles. The molecule has 2 rings (SSSR count). The number of hydrogen-bond acceptors (Lipinski definition) is 2. The molecule has 0 aliphatic carbocycles. The highest BCUT2D eigenvalue weighted by atomic mass is 35.5. The van der Waals surface area contributed by atoms with Crippen LogP contribution in [0.1, 0.15) is 5.56 Å². The van der Waals surface area contributed by atoms with E-state index in [0.29, 0.717) is 0 Å². The highest BCUT2D eigenvalue weighted by molar-refractivity contribution is 5.49. The number of fused-ring (bicyclic) bond motifs is 1. The number of rotatable bonds is 0. The number of halogens is 1. The first kappa shape index (κ1) is 8.21. The van der Waals surface area contributed by atoms with Crippen LogP contribution in [0.4, 0.5) is 5.69 Å². The number of benzene rings is 1. The molecule has 1 aromatic carbocycles. The summed E-state index contributed by atoms with van der Waals surface area (Å²) < 4.78 is 5.30. The van der Waals surface area contributed by atoms with Gasteiger partial charge in [-0.15, -0.1) is 0 Å². The van der Waals surface area contributed by atoms with Crippen molar-refractivity contribution >= 4 is 5.69 Å². The Hall–Kier alpha value is -0.890. The summed E-state index contributed by atoms with van der Waals surface area (Å²) in [4.78, 5) is 0. The van der Waals surface area contributed by atoms with Gasteiger partial charge in [-0.05, 0) is 23.8 Å². The van der Waals surface area contributed by atoms with Gasteiger partial charge in [0.15, 0.2) is 0 Å². The van der Waals surface area contributed by atoms with Crippen molar-refractivity contribution in [3.8, 4) is 5.75 Å². The average Bonchev–Trinajstić information content (AvgIpc) is 2.33. The SMILES string of the molecule is Nc1ccc2c(c1)CCO2.[Cl-]. The van der Waals surface area contributed by atoms with Gasteiger partial charge in [-0.3, -0.25) is 0 Å². The standard InChI is InChI=1S/C8H9NO.ClH/c9-7-1-2-8-6(5-7)3-4-10-8;/h1-2,5H,3-4,9H2;1H/p-1. The van der Waals surface area contributed by atoms with Crippen molar-refractivity contribution in [3.05, 3.63) is 23.8 Å². The van der Waals surface area contributed by atoms with E-state index in [4.69, 9.17) is 10.5 Å². The van der Waals surface area contributed by atoms with Crippen LogP contribution >= 0.6 is 0 Å². The molecule has 0 aromatic heterocycles. The molecule has 0 atom stereocenters. The molecule has 1 aliphatic rings. The molecule has 0 spiro atoms. The van der Waals surface area contributed by atoms with Crippen LogP contribution < -0.4 is 22.9 Å². The second-order valence-electron chi connectivity index (χ2n) is 2.47. The Kier molecular flexibility index (Phi) is 2.25. The Balaban J connectivity index is 0.000000605. The molecule has 1 aliphatic heterocycles. The number of nitrogens with two attached hydrogens (primary N) is 1. The highest BCUT2D eigenvalue weighted by Crippen LogP contribution is 2.26. The Morgan fingerprint density at radius 1 is 1.36 bits per heavy atom. The van der Waals surface area contributed by atoms with Crippen LogP contribution in [0, 0.1) is 0 Å². The van der Waals surface area contributed by atoms with E-state index < -0.39 is 0 Å². The van der Waals surface area contributed by atoms with Crippen LogP contribution in [0.5, 0.6) is 5.75 Å². The maximum atomic E-state index is 5.58. The van der Waals surface area contributed by atoms with E-state index in [1.54, 1.807) is 0 Å². The first-order valence-corrected chi connectivity index (χ1v) is 3.37. The maximum Gasteiger partial charge on any atom is 0.122 e. The molecule has 0 bridgehead atoms. The fourth-order valence-corrected chi connectivity index (χ4v) is 1.21. The van der Waals surface area contributed by atoms with Gasteiger partial charge in [0.1, 0.15) is 5.75 Å². The summed E-state index contributed by atoms with van der Waals surface area (Å²) in [5.41, 5.74) is 7.63. The van der Waals surface area contributed by atoms with E-state index in [0.717, 1.165) is 24.5 Å². The lowest BCUT2D eigenvalue weighted by Crippen LogP contribution is -3.00. The number of nitrogen functional groups attached to an aromatic ring is 1. The molecule has 0 saturated heterocycles. The molecule has 2 nitrogen and oxygen atoms in total. The molecule has 11 heavy (non-hydrogen) atoms. The van der Waals surface area contributed by atoms with Gasteiger partial charge in [0, 0.05) is 12.1 Å². The Bertz CT molecular complexity index is 262. The third kappa shape index (κ3) is 1.40. The smallest absolute Gasteiger partial charge is 0.122 e. The molecule has 0 amide bonds. The zero-order chi connectivity index (χ0) is 6.97. The van der Waals surface area contributed by atoms with Crippen molar-refractivity contribution < 1.29 is 17.1 Å². The van der Waals surface area contributed by atoms with Crippen molar-refractivity contribution in [2.45, 2.75) is 6.42 Å². The lowest BCUT2D eigenvalue weighted by Gasteiger charge is -1.97. The van der Waals surface area contributed by atoms with Crippen LogP contribution in [-0.4, -0.2) is 6.61 Å². The number of ether oxygens (including phenoxy) is 1. The van der Waals surface area contributed by atoms with Gasteiger partial charge in [0.25, 0.3) is 0 Å². The Labute approximate surface area is 71.8 Å². The first-order chi connectivity index (χ1) is 4.86. The minimum absolute atomic E-state index is 0. The Morgan fingerprint density at radius 2 is 2.18 bits per heavy atom. The lowest BCUT2D eigenvalue weighted by molar-refractivity contribution is -0.00000249. The fraction of sp³-hybridized carbons (Fsp3) is 0.250. The van der Waals surface area contributed by atoms with Gasteiger partial charge >= 0.3 is 0 Å². The number of hydrogen-bond donors (Lipinski definition) is 1. The Morgan fingerprint density at radius 3 is 3.00 bits per heavy atom. The van der Waals surface area contributed by atoms with Gasteiger partial charge in [0.2, 0.25) is 0 Å². The summed E-state index contributed by atoms with van der Waals surface area (Å²) in [5, 5.41) is 0. The molecule has 0 fully saturated rings. The van der Waals surface area contributed by atoms with Crippen LogP contribution in [0.3, 0.4) is 0 Å². The summed E-state index contributed by atoms with van der Waals surface area (Å²) in [6.07, 6.45) is 1.00. The molecule has 2 N–H and O–H groups in total. The van der Waals surface area contributed by atoms with Crippen molar-refractivity contribution in [2.24, 2.45) is 0 Å². The van der Waals surface area contributed by atoms with Gasteiger partial charge in [-0.25, -0.2) is 0 Å². The summed E-state index contributed by atoms with van der Waals surface area (Å²) in [6, 6.07) is 5.77. The first-order valence-electron chi connectivity index (χ1n) is 3.37. The van der Waals surface area contributed by atoms with Crippen molar-refractivity contribution in [2.75, 3.05) is 12.3 Å². The van der Waals surface area contributed by atoms with E-state index in [1.165, 1.54) is 5.56 Å². The molecular weight excluding hydrogens is 162 g/mol. The predicted octanol–water partition coefficient (Wildman–Crippen LogP) is -1.79. The minimum Gasteiger partial charge on any atom is -1.00 e. The zero-order valence-corrected chi connectivity index (χ0v) is 6.77. The highest BCUT2D eigenvalue weighted by Gasteiger charge is 2.10. The predicted molar refractivity (Wildman–Crippen MR) is 40.1 cm³/mol. The minimum atomic E-state index is 0. The van der Waals surface area contributed by atoms with E-state index in [-0.39, 0.29) is 12.4 Å². The van der Waals surface area contributed by atoms with E-state index in [1.807, 2.05) is 18.2 Å². The molecule has 0 radical (unpaired) electrons. The van der Waals surface area contributed by atoms with Gasteiger partial charge in [-0.1, -0.05) is 0 Å². The van der Waals surface area contributed by atoms with Gasteiger partial charge in [0.05, 0.1) is 6.61 Å². The van der Waals surface area contributed by atoms with Crippen molar-refractivity contribution in [1.82, 2.24) is 0 Å². The zero-order valence-electron chi connectivity index (χ0n) is 6.01. The second-order valence-corrected chi connectivity index (χ2v) is 2.47. The second kappa shape index (κ2) is 3.01. The van der Waals surface area contributed by atoms with Crippen LogP contribution in [-0.2, 0) is 6.42 Å². The molecule has 3 heteroatoms. The average molecular weight is 171 g/mol. The van der Waals surface area contributed by atoms with Crippen LogP contribution in [0.2, 0.25) is 0 Å². The third-order valence-corrected chi connectivity index (χ3v) is 1.71. The molecule has 0 saturated carbocycles. The maximum absolute atomic E-state index is 5.58. The molecule has 0 unspecified atom stereocenters. The summed E-state index contributed by atoms with van der Waals surface area (Å²) in [5.74, 6) is 0.995. The lowest BCUT2D eigenvalue weighted by atomic mass is 10.1. The summed E-state index contributed by atoms with van der Waals surface area (Å²) in [6.45, 7) is 0.804. The van der Waals surface area contributed by atoms with Crippen LogP contribution in [0.15, 0.2) is 18.2 Å².